The lowest BCUT2D eigenvalue weighted by Crippen LogP contribution is -2.02. The number of thioether (sulfide) groups is 1. The van der Waals surface area contributed by atoms with Crippen LogP contribution in [0.25, 0.3) is 11.1 Å². The molecule has 2 aromatic heterocycles. The predicted molar refractivity (Wildman–Crippen MR) is 107 cm³/mol. The minimum atomic E-state index is -0.290. The third-order valence-corrected chi connectivity index (χ3v) is 6.95. The number of amides is 1. The summed E-state index contributed by atoms with van der Waals surface area (Å²) in [5.74, 6) is -0.290. The van der Waals surface area contributed by atoms with Gasteiger partial charge in [-0.2, -0.15) is 10.3 Å². The van der Waals surface area contributed by atoms with Gasteiger partial charge in [0.05, 0.1) is 10.5 Å². The number of carbonyl (C=O) groups is 1. The maximum Gasteiger partial charge on any atom is 0.286 e. The highest BCUT2D eigenvalue weighted by molar-refractivity contribution is 8.18. The standard InChI is InChI=1S/C19H18N4OS2/c1-10-7-12(8-16-17(24)22-19(21)26-16)11(2)23(10)18-14(9-20)13-5-3-4-6-15(13)25-18/h7-8H,3-6H2,1-2H3,(H2,21,22,24). The van der Waals surface area contributed by atoms with Crippen molar-refractivity contribution in [2.45, 2.75) is 39.5 Å². The van der Waals surface area contributed by atoms with E-state index in [1.807, 2.05) is 26.0 Å². The van der Waals surface area contributed by atoms with Crippen molar-refractivity contribution in [1.29, 1.82) is 5.26 Å². The molecule has 5 nitrogen and oxygen atoms in total. The molecule has 0 saturated heterocycles. The molecular formula is C19H18N4OS2. The molecule has 4 rings (SSSR count). The summed E-state index contributed by atoms with van der Waals surface area (Å²) in [7, 11) is 0. The van der Waals surface area contributed by atoms with Crippen LogP contribution in [0.15, 0.2) is 16.0 Å². The molecule has 2 aliphatic rings. The molecule has 132 valence electrons. The van der Waals surface area contributed by atoms with Gasteiger partial charge in [0.1, 0.15) is 11.1 Å². The van der Waals surface area contributed by atoms with Gasteiger partial charge in [0, 0.05) is 16.3 Å². The molecule has 1 aliphatic carbocycles. The molecule has 1 aliphatic heterocycles. The van der Waals surface area contributed by atoms with Gasteiger partial charge in [-0.15, -0.1) is 11.3 Å². The number of aryl methyl sites for hydroxylation is 2. The second-order valence-corrected chi connectivity index (χ2v) is 8.68. The number of rotatable bonds is 2. The number of thiophene rings is 1. The topological polar surface area (TPSA) is 84.2 Å². The molecule has 7 heteroatoms. The van der Waals surface area contributed by atoms with E-state index in [9.17, 15) is 10.1 Å². The van der Waals surface area contributed by atoms with Crippen molar-refractivity contribution >= 4 is 40.2 Å². The predicted octanol–water partition coefficient (Wildman–Crippen LogP) is 3.84. The van der Waals surface area contributed by atoms with Crippen LogP contribution in [0, 0.1) is 25.2 Å². The Morgan fingerprint density at radius 3 is 2.81 bits per heavy atom. The summed E-state index contributed by atoms with van der Waals surface area (Å²) in [4.78, 5) is 17.5. The molecule has 0 bridgehead atoms. The van der Waals surface area contributed by atoms with Gasteiger partial charge in [-0.25, -0.2) is 0 Å². The Morgan fingerprint density at radius 1 is 1.35 bits per heavy atom. The molecule has 0 atom stereocenters. The lowest BCUT2D eigenvalue weighted by Gasteiger charge is -2.10. The van der Waals surface area contributed by atoms with Crippen LogP contribution in [-0.4, -0.2) is 15.6 Å². The van der Waals surface area contributed by atoms with Crippen LogP contribution in [0.4, 0.5) is 0 Å². The first kappa shape index (κ1) is 17.1. The second-order valence-electron chi connectivity index (χ2n) is 6.53. The number of hydrogen-bond acceptors (Lipinski definition) is 5. The Kier molecular flexibility index (Phi) is 4.25. The summed E-state index contributed by atoms with van der Waals surface area (Å²) in [6, 6.07) is 4.48. The molecule has 1 amide bonds. The summed E-state index contributed by atoms with van der Waals surface area (Å²) >= 11 is 2.93. The number of amidine groups is 1. The molecule has 0 saturated carbocycles. The van der Waals surface area contributed by atoms with E-state index in [1.165, 1.54) is 28.6 Å². The average Bonchev–Trinajstić information content (AvgIpc) is 3.21. The van der Waals surface area contributed by atoms with Crippen molar-refractivity contribution in [1.82, 2.24) is 4.57 Å². The van der Waals surface area contributed by atoms with Crippen LogP contribution < -0.4 is 5.73 Å². The second kappa shape index (κ2) is 6.45. The molecule has 2 N–H and O–H groups in total. The van der Waals surface area contributed by atoms with Crippen LogP contribution >= 0.6 is 23.1 Å². The van der Waals surface area contributed by atoms with Crippen LogP contribution in [-0.2, 0) is 17.6 Å². The third-order valence-electron chi connectivity index (χ3n) is 4.86. The van der Waals surface area contributed by atoms with Crippen LogP contribution in [0.2, 0.25) is 0 Å². The number of carbonyl (C=O) groups excluding carboxylic acids is 1. The highest BCUT2D eigenvalue weighted by Gasteiger charge is 2.25. The van der Waals surface area contributed by atoms with Crippen molar-refractivity contribution in [3.63, 3.8) is 0 Å². The zero-order valence-corrected chi connectivity index (χ0v) is 16.3. The van der Waals surface area contributed by atoms with Gasteiger partial charge >= 0.3 is 0 Å². The number of hydrogen-bond donors (Lipinski definition) is 1. The summed E-state index contributed by atoms with van der Waals surface area (Å²) in [5.41, 5.74) is 10.7. The van der Waals surface area contributed by atoms with Gasteiger partial charge in [0.15, 0.2) is 5.17 Å². The molecule has 0 unspecified atom stereocenters. The van der Waals surface area contributed by atoms with Crippen LogP contribution in [0.3, 0.4) is 0 Å². The van der Waals surface area contributed by atoms with Crippen molar-refractivity contribution in [2.75, 3.05) is 0 Å². The van der Waals surface area contributed by atoms with Crippen molar-refractivity contribution in [3.8, 4) is 11.1 Å². The summed E-state index contributed by atoms with van der Waals surface area (Å²) < 4.78 is 2.14. The SMILES string of the molecule is Cc1cc(C=C2SC(N)=NC2=O)c(C)n1-c1sc2c(c1C#N)CCCC2. The number of fused-ring (bicyclic) bond motifs is 1. The van der Waals surface area contributed by atoms with Crippen molar-refractivity contribution in [3.05, 3.63) is 43.9 Å². The molecule has 0 spiro atoms. The number of nitrogens with two attached hydrogens (primary N) is 1. The smallest absolute Gasteiger partial charge is 0.286 e. The fourth-order valence-corrected chi connectivity index (χ4v) is 5.76. The Hall–Kier alpha value is -2.30. The van der Waals surface area contributed by atoms with Gasteiger partial charge < -0.3 is 10.3 Å². The zero-order valence-electron chi connectivity index (χ0n) is 14.6. The molecule has 26 heavy (non-hydrogen) atoms. The molecule has 2 aromatic rings. The highest BCUT2D eigenvalue weighted by atomic mass is 32.2. The van der Waals surface area contributed by atoms with E-state index in [1.54, 1.807) is 11.3 Å². The first-order valence-electron chi connectivity index (χ1n) is 8.51. The Balaban J connectivity index is 1.82. The van der Waals surface area contributed by atoms with E-state index in [0.717, 1.165) is 46.8 Å². The number of nitrogens with zero attached hydrogens (tertiary/aromatic N) is 3. The maximum atomic E-state index is 11.9. The summed E-state index contributed by atoms with van der Waals surface area (Å²) in [5, 5.41) is 11.0. The first-order chi connectivity index (χ1) is 12.5. The van der Waals surface area contributed by atoms with E-state index in [-0.39, 0.29) is 11.1 Å². The first-order valence-corrected chi connectivity index (χ1v) is 10.1. The summed E-state index contributed by atoms with van der Waals surface area (Å²) in [6.45, 7) is 4.05. The molecule has 3 heterocycles. The van der Waals surface area contributed by atoms with Gasteiger partial charge in [0.2, 0.25) is 0 Å². The largest absolute Gasteiger partial charge is 0.378 e. The number of aliphatic imine (C=N–C) groups is 1. The van der Waals surface area contributed by atoms with E-state index in [4.69, 9.17) is 5.73 Å². The molecule has 0 aromatic carbocycles. The molecular weight excluding hydrogens is 364 g/mol. The minimum Gasteiger partial charge on any atom is -0.378 e. The normalized spacial score (nSPS) is 18.1. The minimum absolute atomic E-state index is 0.285. The van der Waals surface area contributed by atoms with Crippen LogP contribution in [0.5, 0.6) is 0 Å². The third kappa shape index (κ3) is 2.70. The fourth-order valence-electron chi connectivity index (χ4n) is 3.64. The van der Waals surface area contributed by atoms with E-state index in [2.05, 4.69) is 15.6 Å². The molecule has 0 radical (unpaired) electrons. The Morgan fingerprint density at radius 2 is 2.12 bits per heavy atom. The number of aromatic nitrogens is 1. The maximum absolute atomic E-state index is 11.9. The van der Waals surface area contributed by atoms with Gasteiger partial charge in [0.25, 0.3) is 5.91 Å². The lowest BCUT2D eigenvalue weighted by atomic mass is 9.96. The lowest BCUT2D eigenvalue weighted by molar-refractivity contribution is -0.113. The molecule has 0 fully saturated rings. The Bertz CT molecular complexity index is 1030. The van der Waals surface area contributed by atoms with Gasteiger partial charge in [-0.1, -0.05) is 0 Å². The van der Waals surface area contributed by atoms with Gasteiger partial charge in [-0.05, 0) is 74.6 Å². The van der Waals surface area contributed by atoms with Crippen molar-refractivity contribution in [2.24, 2.45) is 10.7 Å². The zero-order chi connectivity index (χ0) is 18.4. The number of nitriles is 1. The van der Waals surface area contributed by atoms with Crippen LogP contribution in [0.1, 0.15) is 45.8 Å². The van der Waals surface area contributed by atoms with E-state index >= 15 is 0 Å². The average molecular weight is 383 g/mol. The monoisotopic (exact) mass is 382 g/mol. The highest BCUT2D eigenvalue weighted by Crippen LogP contribution is 2.38. The van der Waals surface area contributed by atoms with Crippen molar-refractivity contribution < 1.29 is 4.79 Å². The summed E-state index contributed by atoms with van der Waals surface area (Å²) in [6.07, 6.45) is 6.24. The fraction of sp³-hybridized carbons (Fsp3) is 0.316. The van der Waals surface area contributed by atoms with E-state index in [0.29, 0.717) is 4.91 Å². The van der Waals surface area contributed by atoms with Gasteiger partial charge in [-0.3, -0.25) is 4.79 Å². The van der Waals surface area contributed by atoms with E-state index < -0.39 is 0 Å². The Labute approximate surface area is 160 Å². The quantitative estimate of drug-likeness (QED) is 0.800.